The highest BCUT2D eigenvalue weighted by Crippen LogP contribution is 2.49. The molecule has 2 aliphatic heterocycles. The molecule has 6 heteroatoms. The molecule has 0 bridgehead atoms. The number of nitrogens with zero attached hydrogens (tertiary/aromatic N) is 4. The van der Waals surface area contributed by atoms with Crippen molar-refractivity contribution in [3.05, 3.63) is 82.9 Å². The Morgan fingerprint density at radius 2 is 1.93 bits per heavy atom. The zero-order valence-electron chi connectivity index (χ0n) is 16.5. The topological polar surface area (TPSA) is 33.4 Å². The Morgan fingerprint density at radius 1 is 1.10 bits per heavy atom. The minimum absolute atomic E-state index is 0.00611. The van der Waals surface area contributed by atoms with Gasteiger partial charge in [0.2, 0.25) is 0 Å². The maximum atomic E-state index is 6.15. The molecule has 0 unspecified atom stereocenters. The molecule has 0 saturated carbocycles. The van der Waals surface area contributed by atoms with Crippen molar-refractivity contribution in [2.45, 2.75) is 38.4 Å². The first-order valence-electron chi connectivity index (χ1n) is 10.0. The summed E-state index contributed by atoms with van der Waals surface area (Å²) in [6.07, 6.45) is 2.97. The number of fused-ring (bicyclic) bond motifs is 1. The number of rotatable bonds is 4. The molecular weight excluding hydrogens is 400 g/mol. The first-order valence-corrected chi connectivity index (χ1v) is 11.4. The normalized spacial score (nSPS) is 23.3. The van der Waals surface area contributed by atoms with E-state index in [4.69, 9.17) is 16.6 Å². The lowest BCUT2D eigenvalue weighted by atomic mass is 9.99. The van der Waals surface area contributed by atoms with Crippen LogP contribution in [0.2, 0.25) is 5.02 Å². The molecule has 1 saturated heterocycles. The molecule has 1 fully saturated rings. The molecule has 0 aliphatic carbocycles. The Bertz CT molecular complexity index is 1040. The van der Waals surface area contributed by atoms with Crippen LogP contribution in [0.4, 0.5) is 0 Å². The number of amidine groups is 1. The molecular formula is C23H23ClN4S. The second-order valence-corrected chi connectivity index (χ2v) is 8.97. The lowest BCUT2D eigenvalue weighted by molar-refractivity contribution is 0.248. The SMILES string of the molecule is CC[C@@H]1CSC2=N[C@@H](c3ccccn3)[C@H](c3ccc(C)n3-c3ccc(Cl)cc3)N21. The van der Waals surface area contributed by atoms with Crippen molar-refractivity contribution in [2.75, 3.05) is 5.75 Å². The van der Waals surface area contributed by atoms with E-state index >= 15 is 0 Å². The first kappa shape index (κ1) is 18.8. The van der Waals surface area contributed by atoms with E-state index in [1.165, 1.54) is 11.4 Å². The third-order valence-corrected chi connectivity index (χ3v) is 7.20. The van der Waals surface area contributed by atoms with Gasteiger partial charge < -0.3 is 9.47 Å². The molecule has 2 aliphatic rings. The molecule has 148 valence electrons. The van der Waals surface area contributed by atoms with Crippen molar-refractivity contribution in [2.24, 2.45) is 4.99 Å². The number of aromatic nitrogens is 2. The van der Waals surface area contributed by atoms with Crippen LogP contribution in [0.1, 0.15) is 42.5 Å². The predicted molar refractivity (Wildman–Crippen MR) is 121 cm³/mol. The summed E-state index contributed by atoms with van der Waals surface area (Å²) in [5.41, 5.74) is 4.60. The summed E-state index contributed by atoms with van der Waals surface area (Å²) in [6, 6.07) is 19.2. The van der Waals surface area contributed by atoms with Gasteiger partial charge in [-0.25, -0.2) is 0 Å². The van der Waals surface area contributed by atoms with Gasteiger partial charge in [-0.05, 0) is 61.9 Å². The van der Waals surface area contributed by atoms with Gasteiger partial charge in [0.15, 0.2) is 5.17 Å². The first-order chi connectivity index (χ1) is 14.2. The highest BCUT2D eigenvalue weighted by molar-refractivity contribution is 8.14. The van der Waals surface area contributed by atoms with E-state index in [1.54, 1.807) is 0 Å². The summed E-state index contributed by atoms with van der Waals surface area (Å²) in [5, 5.41) is 1.90. The van der Waals surface area contributed by atoms with Crippen LogP contribution in [0.15, 0.2) is 65.8 Å². The van der Waals surface area contributed by atoms with Crippen molar-refractivity contribution < 1.29 is 0 Å². The monoisotopic (exact) mass is 422 g/mol. The minimum Gasteiger partial charge on any atom is -0.337 e. The zero-order chi connectivity index (χ0) is 20.0. The Labute approximate surface area is 180 Å². The number of thioether (sulfide) groups is 1. The summed E-state index contributed by atoms with van der Waals surface area (Å²) in [4.78, 5) is 12.3. The van der Waals surface area contributed by atoms with E-state index in [-0.39, 0.29) is 12.1 Å². The van der Waals surface area contributed by atoms with Crippen LogP contribution in [-0.2, 0) is 0 Å². The molecule has 1 aromatic carbocycles. The van der Waals surface area contributed by atoms with Crippen molar-refractivity contribution in [1.82, 2.24) is 14.5 Å². The molecule has 0 N–H and O–H groups in total. The predicted octanol–water partition coefficient (Wildman–Crippen LogP) is 5.81. The smallest absolute Gasteiger partial charge is 0.160 e. The quantitative estimate of drug-likeness (QED) is 0.531. The lowest BCUT2D eigenvalue weighted by Gasteiger charge is -2.32. The van der Waals surface area contributed by atoms with Crippen LogP contribution < -0.4 is 0 Å². The second kappa shape index (κ2) is 7.54. The van der Waals surface area contributed by atoms with Crippen molar-refractivity contribution in [3.8, 4) is 5.69 Å². The van der Waals surface area contributed by atoms with Crippen molar-refractivity contribution in [1.29, 1.82) is 0 Å². The highest BCUT2D eigenvalue weighted by atomic mass is 35.5. The molecule has 3 aromatic rings. The molecule has 0 spiro atoms. The second-order valence-electron chi connectivity index (χ2n) is 7.55. The van der Waals surface area contributed by atoms with Gasteiger partial charge in [0.25, 0.3) is 0 Å². The van der Waals surface area contributed by atoms with Gasteiger partial charge in [-0.15, -0.1) is 0 Å². The van der Waals surface area contributed by atoms with E-state index in [1.807, 2.05) is 36.2 Å². The Morgan fingerprint density at radius 3 is 2.66 bits per heavy atom. The lowest BCUT2D eigenvalue weighted by Crippen LogP contribution is -2.36. The number of hydrogen-bond acceptors (Lipinski definition) is 4. The average Bonchev–Trinajstić information content (AvgIpc) is 3.42. The Kier molecular flexibility index (Phi) is 4.88. The molecule has 5 rings (SSSR count). The van der Waals surface area contributed by atoms with E-state index in [9.17, 15) is 0 Å². The molecule has 4 nitrogen and oxygen atoms in total. The van der Waals surface area contributed by atoms with Crippen molar-refractivity contribution >= 4 is 28.5 Å². The third-order valence-electron chi connectivity index (χ3n) is 5.82. The van der Waals surface area contributed by atoms with Gasteiger partial charge in [0.1, 0.15) is 12.1 Å². The summed E-state index contributed by atoms with van der Waals surface area (Å²) in [5.74, 6) is 1.10. The number of aryl methyl sites for hydroxylation is 1. The van der Waals surface area contributed by atoms with E-state index in [0.29, 0.717) is 6.04 Å². The van der Waals surface area contributed by atoms with Crippen LogP contribution in [0.25, 0.3) is 5.69 Å². The maximum Gasteiger partial charge on any atom is 0.160 e. The van der Waals surface area contributed by atoms with E-state index in [2.05, 4.69) is 64.7 Å². The Balaban J connectivity index is 1.65. The fourth-order valence-corrected chi connectivity index (χ4v) is 5.87. The molecule has 0 radical (unpaired) electrons. The molecule has 4 heterocycles. The highest BCUT2D eigenvalue weighted by Gasteiger charge is 2.46. The number of hydrogen-bond donors (Lipinski definition) is 0. The third kappa shape index (κ3) is 3.17. The van der Waals surface area contributed by atoms with Gasteiger partial charge in [-0.1, -0.05) is 36.4 Å². The molecule has 29 heavy (non-hydrogen) atoms. The standard InChI is InChI=1S/C23H23ClN4S/c1-3-17-14-29-23-26-21(19-6-4-5-13-25-19)22(28(17)23)20-12-7-15(2)27(20)18-10-8-16(24)9-11-18/h4-13,17,21-22H,3,14H2,1-2H3/t17-,21+,22+/m1/s1. The maximum absolute atomic E-state index is 6.15. The fraction of sp³-hybridized carbons (Fsp3) is 0.304. The largest absolute Gasteiger partial charge is 0.337 e. The van der Waals surface area contributed by atoms with Gasteiger partial charge in [0, 0.05) is 40.1 Å². The van der Waals surface area contributed by atoms with Crippen molar-refractivity contribution in [3.63, 3.8) is 0 Å². The van der Waals surface area contributed by atoms with Crippen LogP contribution in [0.5, 0.6) is 0 Å². The summed E-state index contributed by atoms with van der Waals surface area (Å²) < 4.78 is 2.34. The van der Waals surface area contributed by atoms with Crippen LogP contribution >= 0.6 is 23.4 Å². The fourth-order valence-electron chi connectivity index (χ4n) is 4.40. The average molecular weight is 423 g/mol. The molecule has 2 aromatic heterocycles. The van der Waals surface area contributed by atoms with Gasteiger partial charge in [-0.2, -0.15) is 0 Å². The van der Waals surface area contributed by atoms with Gasteiger partial charge in [0.05, 0.1) is 5.69 Å². The number of benzene rings is 1. The Hall–Kier alpha value is -2.24. The van der Waals surface area contributed by atoms with Crippen LogP contribution in [0.3, 0.4) is 0 Å². The van der Waals surface area contributed by atoms with E-state index in [0.717, 1.165) is 33.7 Å². The van der Waals surface area contributed by atoms with Crippen LogP contribution in [-0.4, -0.2) is 31.4 Å². The van der Waals surface area contributed by atoms with Gasteiger partial charge in [-0.3, -0.25) is 9.98 Å². The van der Waals surface area contributed by atoms with E-state index < -0.39 is 0 Å². The van der Waals surface area contributed by atoms with Crippen LogP contribution in [0, 0.1) is 6.92 Å². The molecule has 3 atom stereocenters. The summed E-state index contributed by atoms with van der Waals surface area (Å²) in [6.45, 7) is 4.42. The van der Waals surface area contributed by atoms with Gasteiger partial charge >= 0.3 is 0 Å². The number of halogens is 1. The minimum atomic E-state index is -0.00611. The zero-order valence-corrected chi connectivity index (χ0v) is 18.1. The summed E-state index contributed by atoms with van der Waals surface area (Å²) >= 11 is 8.02. The number of pyridine rings is 1. The summed E-state index contributed by atoms with van der Waals surface area (Å²) in [7, 11) is 0. The molecule has 0 amide bonds. The number of aliphatic imine (C=N–C) groups is 1.